The number of piperazine rings is 1. The fourth-order valence-corrected chi connectivity index (χ4v) is 4.96. The molecule has 172 valence electrons. The Hall–Kier alpha value is -3.91. The highest BCUT2D eigenvalue weighted by Gasteiger charge is 2.29. The monoisotopic (exact) mass is 473 g/mol. The van der Waals surface area contributed by atoms with Crippen LogP contribution in [0.25, 0.3) is 22.0 Å². The molecule has 1 aliphatic rings. The molecule has 2 aromatic carbocycles. The quantitative estimate of drug-likeness (QED) is 0.421. The number of ether oxygens (including phenoxy) is 1. The summed E-state index contributed by atoms with van der Waals surface area (Å²) in [7, 11) is 1.59. The van der Waals surface area contributed by atoms with Gasteiger partial charge in [0.15, 0.2) is 10.8 Å². The van der Waals surface area contributed by atoms with Crippen molar-refractivity contribution in [2.45, 2.75) is 0 Å². The number of carbonyl (C=O) groups excluding carboxylic acids is 2. The predicted octanol–water partition coefficient (Wildman–Crippen LogP) is 4.68. The van der Waals surface area contributed by atoms with Crippen LogP contribution in [0.1, 0.15) is 20.0 Å². The van der Waals surface area contributed by atoms with E-state index < -0.39 is 0 Å². The normalized spacial score (nSPS) is 13.7. The molecule has 0 unspecified atom stereocenters. The summed E-state index contributed by atoms with van der Waals surface area (Å²) in [6.45, 7) is 1.87. The zero-order chi connectivity index (χ0) is 23.5. The molecule has 2 amide bonds. The SMILES string of the molecule is COc1ccc(C(=O)N2CCN(C(=O)c3sc(-c4ccco4)nc3-c3ccccc3)CC2)cc1. The van der Waals surface area contributed by atoms with Crippen molar-refractivity contribution in [2.75, 3.05) is 33.3 Å². The topological polar surface area (TPSA) is 75.9 Å². The van der Waals surface area contributed by atoms with Gasteiger partial charge in [0.1, 0.15) is 10.6 Å². The van der Waals surface area contributed by atoms with Crippen molar-refractivity contribution in [2.24, 2.45) is 0 Å². The van der Waals surface area contributed by atoms with Crippen molar-refractivity contribution in [1.82, 2.24) is 14.8 Å². The van der Waals surface area contributed by atoms with Gasteiger partial charge in [0.05, 0.1) is 19.1 Å². The fraction of sp³-hybridized carbons (Fsp3) is 0.192. The predicted molar refractivity (Wildman–Crippen MR) is 130 cm³/mol. The number of hydrogen-bond acceptors (Lipinski definition) is 6. The lowest BCUT2D eigenvalue weighted by atomic mass is 10.1. The lowest BCUT2D eigenvalue weighted by molar-refractivity contribution is 0.0538. The number of carbonyl (C=O) groups is 2. The second kappa shape index (κ2) is 9.52. The zero-order valence-corrected chi connectivity index (χ0v) is 19.5. The number of rotatable bonds is 5. The average Bonchev–Trinajstić information content (AvgIpc) is 3.59. The maximum Gasteiger partial charge on any atom is 0.266 e. The van der Waals surface area contributed by atoms with E-state index >= 15 is 0 Å². The molecule has 0 N–H and O–H groups in total. The number of amides is 2. The van der Waals surface area contributed by atoms with Crippen LogP contribution in [-0.4, -0.2) is 59.9 Å². The van der Waals surface area contributed by atoms with Crippen LogP contribution in [-0.2, 0) is 0 Å². The van der Waals surface area contributed by atoms with Crippen molar-refractivity contribution in [1.29, 1.82) is 0 Å². The number of furan rings is 1. The minimum atomic E-state index is -0.0781. The first-order valence-electron chi connectivity index (χ1n) is 11.0. The second-order valence-corrected chi connectivity index (χ2v) is 8.85. The highest BCUT2D eigenvalue weighted by atomic mass is 32.1. The first-order chi connectivity index (χ1) is 16.6. The van der Waals surface area contributed by atoms with Gasteiger partial charge in [-0.05, 0) is 36.4 Å². The van der Waals surface area contributed by atoms with Crippen LogP contribution in [0.15, 0.2) is 77.4 Å². The summed E-state index contributed by atoms with van der Waals surface area (Å²) in [6, 6.07) is 20.4. The van der Waals surface area contributed by atoms with E-state index in [2.05, 4.69) is 0 Å². The molecular formula is C26H23N3O4S. The minimum absolute atomic E-state index is 0.0439. The highest BCUT2D eigenvalue weighted by Crippen LogP contribution is 2.35. The van der Waals surface area contributed by atoms with Crippen molar-refractivity contribution in [3.8, 4) is 27.8 Å². The Labute approximate surface area is 201 Å². The summed E-state index contributed by atoms with van der Waals surface area (Å²) in [6.07, 6.45) is 1.60. The van der Waals surface area contributed by atoms with E-state index in [0.29, 0.717) is 58.8 Å². The number of benzene rings is 2. The molecule has 34 heavy (non-hydrogen) atoms. The molecule has 0 bridgehead atoms. The van der Waals surface area contributed by atoms with Crippen molar-refractivity contribution in [3.05, 3.63) is 83.4 Å². The van der Waals surface area contributed by atoms with Gasteiger partial charge in [-0.3, -0.25) is 9.59 Å². The molecule has 1 aliphatic heterocycles. The van der Waals surface area contributed by atoms with Gasteiger partial charge in [0.25, 0.3) is 11.8 Å². The molecule has 5 rings (SSSR count). The smallest absolute Gasteiger partial charge is 0.266 e. The molecule has 0 radical (unpaired) electrons. The van der Waals surface area contributed by atoms with Gasteiger partial charge in [-0.25, -0.2) is 4.98 Å². The van der Waals surface area contributed by atoms with E-state index in [-0.39, 0.29) is 11.8 Å². The van der Waals surface area contributed by atoms with Crippen LogP contribution < -0.4 is 4.74 Å². The van der Waals surface area contributed by atoms with Gasteiger partial charge < -0.3 is 19.0 Å². The molecule has 1 saturated heterocycles. The molecule has 8 heteroatoms. The number of nitrogens with zero attached hydrogens (tertiary/aromatic N) is 3. The van der Waals surface area contributed by atoms with Crippen LogP contribution in [0.4, 0.5) is 0 Å². The van der Waals surface area contributed by atoms with E-state index in [1.165, 1.54) is 11.3 Å². The number of thiazole rings is 1. The third-order valence-corrected chi connectivity index (χ3v) is 6.85. The molecule has 0 spiro atoms. The van der Waals surface area contributed by atoms with Crippen molar-refractivity contribution >= 4 is 23.2 Å². The van der Waals surface area contributed by atoms with Gasteiger partial charge in [-0.2, -0.15) is 0 Å². The van der Waals surface area contributed by atoms with Gasteiger partial charge >= 0.3 is 0 Å². The third-order valence-electron chi connectivity index (χ3n) is 5.79. The van der Waals surface area contributed by atoms with Crippen LogP contribution in [0.5, 0.6) is 5.75 Å². The molecule has 3 heterocycles. The molecule has 1 fully saturated rings. The third kappa shape index (κ3) is 4.32. The van der Waals surface area contributed by atoms with E-state index in [1.807, 2.05) is 36.4 Å². The lowest BCUT2D eigenvalue weighted by Crippen LogP contribution is -2.50. The number of aromatic nitrogens is 1. The minimum Gasteiger partial charge on any atom is -0.497 e. The Bertz CT molecular complexity index is 1280. The summed E-state index contributed by atoms with van der Waals surface area (Å²) in [5.74, 6) is 1.22. The molecule has 0 saturated carbocycles. The largest absolute Gasteiger partial charge is 0.497 e. The van der Waals surface area contributed by atoms with E-state index in [4.69, 9.17) is 14.1 Å². The van der Waals surface area contributed by atoms with Crippen LogP contribution in [0.3, 0.4) is 0 Å². The second-order valence-electron chi connectivity index (χ2n) is 7.85. The van der Waals surface area contributed by atoms with Gasteiger partial charge in [-0.15, -0.1) is 11.3 Å². The summed E-state index contributed by atoms with van der Waals surface area (Å²) in [5, 5.41) is 0.667. The molecule has 4 aromatic rings. The Kier molecular flexibility index (Phi) is 6.14. The first-order valence-corrected chi connectivity index (χ1v) is 11.8. The summed E-state index contributed by atoms with van der Waals surface area (Å²) in [5.41, 5.74) is 2.14. The molecule has 0 aliphatic carbocycles. The molecular weight excluding hydrogens is 450 g/mol. The first kappa shape index (κ1) is 21.9. The van der Waals surface area contributed by atoms with Crippen molar-refractivity contribution < 1.29 is 18.7 Å². The molecule has 2 aromatic heterocycles. The zero-order valence-electron chi connectivity index (χ0n) is 18.6. The van der Waals surface area contributed by atoms with Gasteiger partial charge in [0, 0.05) is 37.3 Å². The lowest BCUT2D eigenvalue weighted by Gasteiger charge is -2.34. The van der Waals surface area contributed by atoms with E-state index in [1.54, 1.807) is 53.5 Å². The Balaban J connectivity index is 1.34. The van der Waals surface area contributed by atoms with E-state index in [0.717, 1.165) is 5.56 Å². The summed E-state index contributed by atoms with van der Waals surface area (Å²) < 4.78 is 10.7. The maximum absolute atomic E-state index is 13.5. The van der Waals surface area contributed by atoms with Gasteiger partial charge in [-0.1, -0.05) is 30.3 Å². The van der Waals surface area contributed by atoms with Crippen molar-refractivity contribution in [3.63, 3.8) is 0 Å². The Morgan fingerprint density at radius 1 is 0.882 bits per heavy atom. The Morgan fingerprint density at radius 2 is 1.56 bits per heavy atom. The maximum atomic E-state index is 13.5. The van der Waals surface area contributed by atoms with Gasteiger partial charge in [0.2, 0.25) is 0 Å². The standard InChI is InChI=1S/C26H23N3O4S/c1-32-20-11-9-19(10-12-20)25(30)28-13-15-29(16-14-28)26(31)23-22(18-6-3-2-4-7-18)27-24(34-23)21-8-5-17-33-21/h2-12,17H,13-16H2,1H3. The highest BCUT2D eigenvalue weighted by molar-refractivity contribution is 7.17. The summed E-state index contributed by atoms with van der Waals surface area (Å²) >= 11 is 1.33. The van der Waals surface area contributed by atoms with Crippen LogP contribution >= 0.6 is 11.3 Å². The molecule has 0 atom stereocenters. The molecule has 7 nitrogen and oxygen atoms in total. The Morgan fingerprint density at radius 3 is 2.18 bits per heavy atom. The van der Waals surface area contributed by atoms with E-state index in [9.17, 15) is 9.59 Å². The average molecular weight is 474 g/mol. The summed E-state index contributed by atoms with van der Waals surface area (Å²) in [4.78, 5) is 35.3. The van der Waals surface area contributed by atoms with Crippen LogP contribution in [0.2, 0.25) is 0 Å². The number of hydrogen-bond donors (Lipinski definition) is 0. The number of methoxy groups -OCH3 is 1. The van der Waals surface area contributed by atoms with Crippen LogP contribution in [0, 0.1) is 0 Å². The fourth-order valence-electron chi connectivity index (χ4n) is 3.93.